The number of aryl methyl sites for hydroxylation is 1. The third kappa shape index (κ3) is 4.31. The van der Waals surface area contributed by atoms with Crippen molar-refractivity contribution in [3.63, 3.8) is 0 Å². The molecule has 0 heterocycles. The van der Waals surface area contributed by atoms with E-state index in [0.717, 1.165) is 23.7 Å². The maximum Gasteiger partial charge on any atom is 0.123 e. The van der Waals surface area contributed by atoms with Gasteiger partial charge in [0.25, 0.3) is 0 Å². The Morgan fingerprint density at radius 1 is 1.28 bits per heavy atom. The van der Waals surface area contributed by atoms with E-state index in [-0.39, 0.29) is 6.04 Å². The highest BCUT2D eigenvalue weighted by Crippen LogP contribution is 2.29. The third-order valence-electron chi connectivity index (χ3n) is 3.24. The van der Waals surface area contributed by atoms with Crippen LogP contribution in [0.2, 0.25) is 0 Å². The normalized spacial score (nSPS) is 12.8. The first-order chi connectivity index (χ1) is 8.58. The Morgan fingerprint density at radius 2 is 2.00 bits per heavy atom. The van der Waals surface area contributed by atoms with Crippen LogP contribution in [-0.4, -0.2) is 7.11 Å². The van der Waals surface area contributed by atoms with Gasteiger partial charge in [-0.3, -0.25) is 11.3 Å². The van der Waals surface area contributed by atoms with Crippen LogP contribution in [-0.2, 0) is 0 Å². The molecule has 1 aromatic rings. The summed E-state index contributed by atoms with van der Waals surface area (Å²) in [5, 5.41) is 0. The van der Waals surface area contributed by atoms with Crippen molar-refractivity contribution in [3.05, 3.63) is 29.3 Å². The fraction of sp³-hybridized carbons (Fsp3) is 0.600. The minimum atomic E-state index is 0.165. The van der Waals surface area contributed by atoms with Crippen LogP contribution >= 0.6 is 0 Å². The molecule has 1 atom stereocenters. The Labute approximate surface area is 111 Å². The van der Waals surface area contributed by atoms with E-state index in [1.165, 1.54) is 18.4 Å². The second kappa shape index (κ2) is 7.39. The van der Waals surface area contributed by atoms with Gasteiger partial charge in [0.1, 0.15) is 5.75 Å². The van der Waals surface area contributed by atoms with E-state index in [2.05, 4.69) is 38.3 Å². The van der Waals surface area contributed by atoms with E-state index >= 15 is 0 Å². The van der Waals surface area contributed by atoms with Gasteiger partial charge in [0.15, 0.2) is 0 Å². The lowest BCUT2D eigenvalue weighted by molar-refractivity contribution is 0.390. The number of ether oxygens (including phenoxy) is 1. The number of nitrogens with one attached hydrogen (secondary N) is 1. The molecular weight excluding hydrogens is 224 g/mol. The SMILES string of the molecule is COc1ccc(C)cc1C(CCCC(C)C)NN. The highest BCUT2D eigenvalue weighted by molar-refractivity contribution is 5.39. The number of methoxy groups -OCH3 is 1. The molecule has 0 aromatic heterocycles. The summed E-state index contributed by atoms with van der Waals surface area (Å²) in [4.78, 5) is 0. The van der Waals surface area contributed by atoms with E-state index in [1.807, 2.05) is 6.07 Å². The Kier molecular flexibility index (Phi) is 6.16. The number of hydrazine groups is 1. The standard InChI is InChI=1S/C15H26N2O/c1-11(2)6-5-7-14(17-16)13-10-12(3)8-9-15(13)18-4/h8-11,14,17H,5-7,16H2,1-4H3. The molecule has 1 unspecified atom stereocenters. The molecule has 1 aromatic carbocycles. The summed E-state index contributed by atoms with van der Waals surface area (Å²) in [6.45, 7) is 6.58. The Morgan fingerprint density at radius 3 is 2.56 bits per heavy atom. The second-order valence-corrected chi connectivity index (χ2v) is 5.29. The van der Waals surface area contributed by atoms with Crippen molar-refractivity contribution in [2.45, 2.75) is 46.1 Å². The van der Waals surface area contributed by atoms with Crippen LogP contribution in [0, 0.1) is 12.8 Å². The molecule has 3 N–H and O–H groups in total. The van der Waals surface area contributed by atoms with Gasteiger partial charge >= 0.3 is 0 Å². The third-order valence-corrected chi connectivity index (χ3v) is 3.24. The van der Waals surface area contributed by atoms with Gasteiger partial charge in [-0.05, 0) is 25.3 Å². The van der Waals surface area contributed by atoms with Crippen LogP contribution in [0.1, 0.15) is 50.3 Å². The molecule has 0 spiro atoms. The molecule has 0 fully saturated rings. The molecule has 0 saturated heterocycles. The molecule has 0 aliphatic carbocycles. The first-order valence-electron chi connectivity index (χ1n) is 6.69. The summed E-state index contributed by atoms with van der Waals surface area (Å²) in [5.74, 6) is 7.34. The first-order valence-corrected chi connectivity index (χ1v) is 6.69. The average Bonchev–Trinajstić information content (AvgIpc) is 2.34. The number of hydrogen-bond acceptors (Lipinski definition) is 3. The fourth-order valence-electron chi connectivity index (χ4n) is 2.18. The van der Waals surface area contributed by atoms with Crippen LogP contribution in [0.4, 0.5) is 0 Å². The van der Waals surface area contributed by atoms with Crippen molar-refractivity contribution in [1.29, 1.82) is 0 Å². The van der Waals surface area contributed by atoms with Crippen LogP contribution in [0.15, 0.2) is 18.2 Å². The molecule has 18 heavy (non-hydrogen) atoms. The number of rotatable bonds is 7. The van der Waals surface area contributed by atoms with Gasteiger partial charge in [0.05, 0.1) is 7.11 Å². The van der Waals surface area contributed by atoms with Crippen LogP contribution in [0.25, 0.3) is 0 Å². The molecule has 0 aliphatic heterocycles. The largest absolute Gasteiger partial charge is 0.496 e. The van der Waals surface area contributed by atoms with Gasteiger partial charge in [-0.15, -0.1) is 0 Å². The van der Waals surface area contributed by atoms with Gasteiger partial charge in [-0.1, -0.05) is 44.4 Å². The van der Waals surface area contributed by atoms with E-state index in [9.17, 15) is 0 Å². The van der Waals surface area contributed by atoms with Gasteiger partial charge in [-0.25, -0.2) is 0 Å². The minimum absolute atomic E-state index is 0.165. The van der Waals surface area contributed by atoms with Crippen LogP contribution in [0.5, 0.6) is 5.75 Å². The Hall–Kier alpha value is -1.06. The predicted octanol–water partition coefficient (Wildman–Crippen LogP) is 3.33. The highest BCUT2D eigenvalue weighted by atomic mass is 16.5. The highest BCUT2D eigenvalue weighted by Gasteiger charge is 2.14. The summed E-state index contributed by atoms with van der Waals surface area (Å²) in [5.41, 5.74) is 5.30. The molecule has 3 nitrogen and oxygen atoms in total. The van der Waals surface area contributed by atoms with Crippen molar-refractivity contribution in [2.75, 3.05) is 7.11 Å². The second-order valence-electron chi connectivity index (χ2n) is 5.29. The zero-order valence-electron chi connectivity index (χ0n) is 12.0. The molecule has 0 amide bonds. The smallest absolute Gasteiger partial charge is 0.123 e. The monoisotopic (exact) mass is 250 g/mol. The minimum Gasteiger partial charge on any atom is -0.496 e. The summed E-state index contributed by atoms with van der Waals surface area (Å²) < 4.78 is 5.41. The van der Waals surface area contributed by atoms with Crippen LogP contribution in [0.3, 0.4) is 0 Å². The van der Waals surface area contributed by atoms with Crippen molar-refractivity contribution >= 4 is 0 Å². The molecule has 0 bridgehead atoms. The molecule has 1 rings (SSSR count). The molecule has 102 valence electrons. The zero-order chi connectivity index (χ0) is 13.5. The molecule has 3 heteroatoms. The van der Waals surface area contributed by atoms with E-state index in [0.29, 0.717) is 0 Å². The maximum atomic E-state index is 5.69. The van der Waals surface area contributed by atoms with Crippen molar-refractivity contribution in [3.8, 4) is 5.75 Å². The number of hydrogen-bond donors (Lipinski definition) is 2. The average molecular weight is 250 g/mol. The fourth-order valence-corrected chi connectivity index (χ4v) is 2.18. The first kappa shape index (κ1) is 15.0. The summed E-state index contributed by atoms with van der Waals surface area (Å²) in [6, 6.07) is 6.39. The summed E-state index contributed by atoms with van der Waals surface area (Å²) >= 11 is 0. The van der Waals surface area contributed by atoms with Gasteiger partial charge in [0, 0.05) is 11.6 Å². The van der Waals surface area contributed by atoms with Gasteiger partial charge in [-0.2, -0.15) is 0 Å². The molecule has 0 radical (unpaired) electrons. The number of benzene rings is 1. The lowest BCUT2D eigenvalue weighted by Gasteiger charge is -2.20. The molecule has 0 aliphatic rings. The lowest BCUT2D eigenvalue weighted by Crippen LogP contribution is -2.28. The van der Waals surface area contributed by atoms with E-state index < -0.39 is 0 Å². The molecular formula is C15H26N2O. The van der Waals surface area contributed by atoms with Gasteiger partial charge in [0.2, 0.25) is 0 Å². The van der Waals surface area contributed by atoms with E-state index in [4.69, 9.17) is 10.6 Å². The predicted molar refractivity (Wildman–Crippen MR) is 76.5 cm³/mol. The van der Waals surface area contributed by atoms with Crippen molar-refractivity contribution in [2.24, 2.45) is 11.8 Å². The van der Waals surface area contributed by atoms with Crippen molar-refractivity contribution in [1.82, 2.24) is 5.43 Å². The Bertz CT molecular complexity index is 364. The van der Waals surface area contributed by atoms with Crippen LogP contribution < -0.4 is 16.0 Å². The zero-order valence-corrected chi connectivity index (χ0v) is 12.0. The topological polar surface area (TPSA) is 47.3 Å². The lowest BCUT2D eigenvalue weighted by atomic mass is 9.96. The summed E-state index contributed by atoms with van der Waals surface area (Å²) in [7, 11) is 1.70. The number of nitrogens with two attached hydrogens (primary N) is 1. The van der Waals surface area contributed by atoms with Crippen molar-refractivity contribution < 1.29 is 4.74 Å². The quantitative estimate of drug-likeness (QED) is 0.576. The maximum absolute atomic E-state index is 5.69. The van der Waals surface area contributed by atoms with Gasteiger partial charge < -0.3 is 4.74 Å². The molecule has 0 saturated carbocycles. The summed E-state index contributed by atoms with van der Waals surface area (Å²) in [6.07, 6.45) is 3.43. The van der Waals surface area contributed by atoms with E-state index in [1.54, 1.807) is 7.11 Å². The Balaban J connectivity index is 2.77.